The Morgan fingerprint density at radius 1 is 1.20 bits per heavy atom. The molecule has 1 N–H and O–H groups in total. The van der Waals surface area contributed by atoms with Crippen LogP contribution < -0.4 is 10.1 Å². The SMILES string of the molecule is COc1ccc(C(CC(C)C)NC(=O)C2CCCN(Cc3nc(-c4ccc(Br)cc4)no3)C2)cc1. The van der Waals surface area contributed by atoms with Gasteiger partial charge in [-0.15, -0.1) is 0 Å². The van der Waals surface area contributed by atoms with Gasteiger partial charge in [-0.1, -0.05) is 47.1 Å². The van der Waals surface area contributed by atoms with Crippen LogP contribution in [-0.4, -0.2) is 41.1 Å². The van der Waals surface area contributed by atoms with Crippen molar-refractivity contribution in [3.63, 3.8) is 0 Å². The third kappa shape index (κ3) is 6.92. The number of aromatic nitrogens is 2. The number of nitrogens with one attached hydrogen (secondary N) is 1. The molecule has 8 heteroatoms. The molecule has 1 aliphatic rings. The van der Waals surface area contributed by atoms with Gasteiger partial charge in [0.2, 0.25) is 17.6 Å². The second-order valence-corrected chi connectivity index (χ2v) is 10.5. The molecule has 35 heavy (non-hydrogen) atoms. The van der Waals surface area contributed by atoms with Crippen LogP contribution in [0.4, 0.5) is 0 Å². The molecule has 1 fully saturated rings. The zero-order valence-corrected chi connectivity index (χ0v) is 22.1. The number of amides is 1. The molecule has 2 atom stereocenters. The summed E-state index contributed by atoms with van der Waals surface area (Å²) in [5.41, 5.74) is 2.01. The predicted molar refractivity (Wildman–Crippen MR) is 139 cm³/mol. The first-order valence-electron chi connectivity index (χ1n) is 12.2. The summed E-state index contributed by atoms with van der Waals surface area (Å²) in [6.07, 6.45) is 2.73. The molecule has 1 aromatic heterocycles. The summed E-state index contributed by atoms with van der Waals surface area (Å²) >= 11 is 3.44. The van der Waals surface area contributed by atoms with Gasteiger partial charge >= 0.3 is 0 Å². The minimum absolute atomic E-state index is 0.0202. The summed E-state index contributed by atoms with van der Waals surface area (Å²) in [4.78, 5) is 20.1. The second kappa shape index (κ2) is 11.8. The number of likely N-dealkylation sites (tertiary alicyclic amines) is 1. The first kappa shape index (κ1) is 25.4. The predicted octanol–water partition coefficient (Wildman–Crippen LogP) is 5.62. The van der Waals surface area contributed by atoms with Crippen molar-refractivity contribution < 1.29 is 14.1 Å². The van der Waals surface area contributed by atoms with Crippen LogP contribution in [0, 0.1) is 11.8 Å². The van der Waals surface area contributed by atoms with Gasteiger partial charge in [-0.25, -0.2) is 0 Å². The van der Waals surface area contributed by atoms with Gasteiger partial charge in [0, 0.05) is 16.6 Å². The van der Waals surface area contributed by atoms with Gasteiger partial charge in [0.1, 0.15) is 5.75 Å². The quantitative estimate of drug-likeness (QED) is 0.379. The number of nitrogens with zero attached hydrogens (tertiary/aromatic N) is 3. The van der Waals surface area contributed by atoms with E-state index in [1.54, 1.807) is 7.11 Å². The molecule has 2 heterocycles. The van der Waals surface area contributed by atoms with Gasteiger partial charge < -0.3 is 14.6 Å². The Hall–Kier alpha value is -2.71. The van der Waals surface area contributed by atoms with E-state index >= 15 is 0 Å². The molecule has 4 rings (SSSR count). The molecular formula is C27H33BrN4O3. The lowest BCUT2D eigenvalue weighted by Gasteiger charge is -2.32. The van der Waals surface area contributed by atoms with Crippen molar-refractivity contribution in [3.05, 3.63) is 64.5 Å². The van der Waals surface area contributed by atoms with E-state index < -0.39 is 0 Å². The third-order valence-electron chi connectivity index (χ3n) is 6.35. The zero-order chi connectivity index (χ0) is 24.8. The summed E-state index contributed by atoms with van der Waals surface area (Å²) in [7, 11) is 1.66. The van der Waals surface area contributed by atoms with E-state index in [0.29, 0.717) is 30.7 Å². The molecular weight excluding hydrogens is 508 g/mol. The van der Waals surface area contributed by atoms with Crippen molar-refractivity contribution in [2.75, 3.05) is 20.2 Å². The van der Waals surface area contributed by atoms with Gasteiger partial charge in [0.05, 0.1) is 25.6 Å². The molecule has 1 amide bonds. The topological polar surface area (TPSA) is 80.5 Å². The average Bonchev–Trinajstić information content (AvgIpc) is 3.32. The van der Waals surface area contributed by atoms with E-state index in [1.165, 1.54) is 0 Å². The molecule has 1 aliphatic heterocycles. The van der Waals surface area contributed by atoms with E-state index in [-0.39, 0.29) is 17.9 Å². The standard InChI is InChI=1S/C27H33BrN4O3/c1-18(2)15-24(19-8-12-23(34-3)13-9-19)29-27(33)21-5-4-14-32(16-21)17-25-30-26(31-35-25)20-6-10-22(28)11-7-20/h6-13,18,21,24H,4-5,14-17H2,1-3H3,(H,29,33). The molecule has 2 unspecified atom stereocenters. The lowest BCUT2D eigenvalue weighted by molar-refractivity contribution is -0.127. The first-order chi connectivity index (χ1) is 16.9. The zero-order valence-electron chi connectivity index (χ0n) is 20.5. The fourth-order valence-corrected chi connectivity index (χ4v) is 4.78. The molecule has 0 radical (unpaired) electrons. The highest BCUT2D eigenvalue weighted by Gasteiger charge is 2.29. The Labute approximate surface area is 215 Å². The number of piperidine rings is 1. The van der Waals surface area contributed by atoms with Crippen molar-refractivity contribution in [1.82, 2.24) is 20.4 Å². The lowest BCUT2D eigenvalue weighted by atomic mass is 9.93. The summed E-state index contributed by atoms with van der Waals surface area (Å²) < 4.78 is 11.8. The smallest absolute Gasteiger partial charge is 0.241 e. The highest BCUT2D eigenvalue weighted by molar-refractivity contribution is 9.10. The first-order valence-corrected chi connectivity index (χ1v) is 13.0. The van der Waals surface area contributed by atoms with Crippen LogP contribution in [0.2, 0.25) is 0 Å². The maximum atomic E-state index is 13.3. The number of halogens is 1. The molecule has 0 aliphatic carbocycles. The molecule has 0 saturated carbocycles. The van der Waals surface area contributed by atoms with Crippen LogP contribution in [0.5, 0.6) is 5.75 Å². The summed E-state index contributed by atoms with van der Waals surface area (Å²) in [5.74, 6) is 2.47. The normalized spacial score (nSPS) is 17.3. The van der Waals surface area contributed by atoms with Crippen molar-refractivity contribution in [2.45, 2.75) is 45.7 Å². The van der Waals surface area contributed by atoms with E-state index in [0.717, 1.165) is 47.2 Å². The third-order valence-corrected chi connectivity index (χ3v) is 6.88. The van der Waals surface area contributed by atoms with Gasteiger partial charge in [-0.05, 0) is 73.7 Å². The summed E-state index contributed by atoms with van der Waals surface area (Å²) in [6, 6.07) is 15.8. The van der Waals surface area contributed by atoms with Crippen molar-refractivity contribution in [2.24, 2.45) is 11.8 Å². The molecule has 186 valence electrons. The minimum atomic E-state index is -0.0643. The Morgan fingerprint density at radius 3 is 2.63 bits per heavy atom. The maximum absolute atomic E-state index is 13.3. The fourth-order valence-electron chi connectivity index (χ4n) is 4.52. The number of carbonyl (C=O) groups is 1. The van der Waals surface area contributed by atoms with Crippen LogP contribution >= 0.6 is 15.9 Å². The van der Waals surface area contributed by atoms with Crippen LogP contribution in [0.25, 0.3) is 11.4 Å². The Morgan fingerprint density at radius 2 is 1.94 bits per heavy atom. The number of rotatable bonds is 9. The van der Waals surface area contributed by atoms with E-state index in [1.807, 2.05) is 48.5 Å². The molecule has 1 saturated heterocycles. The van der Waals surface area contributed by atoms with Gasteiger partial charge in [0.25, 0.3) is 0 Å². The van der Waals surface area contributed by atoms with E-state index in [9.17, 15) is 4.79 Å². The lowest BCUT2D eigenvalue weighted by Crippen LogP contribution is -2.43. The number of hydrogen-bond acceptors (Lipinski definition) is 6. The number of ether oxygens (including phenoxy) is 1. The van der Waals surface area contributed by atoms with E-state index in [2.05, 4.69) is 50.1 Å². The van der Waals surface area contributed by atoms with Crippen LogP contribution in [0.1, 0.15) is 50.6 Å². The minimum Gasteiger partial charge on any atom is -0.497 e. The summed E-state index contributed by atoms with van der Waals surface area (Å²) in [5, 5.41) is 7.46. The van der Waals surface area contributed by atoms with Crippen LogP contribution in [0.15, 0.2) is 57.5 Å². The van der Waals surface area contributed by atoms with Crippen molar-refractivity contribution >= 4 is 21.8 Å². The fraction of sp³-hybridized carbons (Fsp3) is 0.444. The molecule has 0 spiro atoms. The van der Waals surface area contributed by atoms with Gasteiger partial charge in [-0.2, -0.15) is 4.98 Å². The number of hydrogen-bond donors (Lipinski definition) is 1. The number of carbonyl (C=O) groups excluding carboxylic acids is 1. The Bertz CT molecular complexity index is 1100. The van der Waals surface area contributed by atoms with Crippen molar-refractivity contribution in [3.8, 4) is 17.1 Å². The van der Waals surface area contributed by atoms with E-state index in [4.69, 9.17) is 9.26 Å². The van der Waals surface area contributed by atoms with Gasteiger partial charge in [0.15, 0.2) is 0 Å². The monoisotopic (exact) mass is 540 g/mol. The van der Waals surface area contributed by atoms with Crippen LogP contribution in [0.3, 0.4) is 0 Å². The average molecular weight is 541 g/mol. The van der Waals surface area contributed by atoms with Crippen molar-refractivity contribution in [1.29, 1.82) is 0 Å². The highest BCUT2D eigenvalue weighted by atomic mass is 79.9. The molecule has 3 aromatic rings. The van der Waals surface area contributed by atoms with Gasteiger partial charge in [-0.3, -0.25) is 9.69 Å². The second-order valence-electron chi connectivity index (χ2n) is 9.56. The Balaban J connectivity index is 1.37. The maximum Gasteiger partial charge on any atom is 0.241 e. The Kier molecular flexibility index (Phi) is 8.57. The molecule has 0 bridgehead atoms. The molecule has 7 nitrogen and oxygen atoms in total. The number of methoxy groups -OCH3 is 1. The summed E-state index contributed by atoms with van der Waals surface area (Å²) in [6.45, 7) is 6.49. The largest absolute Gasteiger partial charge is 0.497 e. The number of benzene rings is 2. The van der Waals surface area contributed by atoms with Crippen LogP contribution in [-0.2, 0) is 11.3 Å². The molecule has 2 aromatic carbocycles. The highest BCUT2D eigenvalue weighted by Crippen LogP contribution is 2.26.